The summed E-state index contributed by atoms with van der Waals surface area (Å²) in [5.41, 5.74) is 11.6. The number of benzene rings is 9. The van der Waals surface area contributed by atoms with Crippen LogP contribution in [0.15, 0.2) is 205 Å². The molecule has 0 unspecified atom stereocenters. The average Bonchev–Trinajstić information content (AvgIpc) is 3.85. The van der Waals surface area contributed by atoms with E-state index < -0.39 is 0 Å². The van der Waals surface area contributed by atoms with Crippen LogP contribution in [0.1, 0.15) is 0 Å². The largest absolute Gasteiger partial charge is 0.436 e. The van der Waals surface area contributed by atoms with Gasteiger partial charge in [0.25, 0.3) is 0 Å². The second-order valence-corrected chi connectivity index (χ2v) is 14.0. The van der Waals surface area contributed by atoms with Crippen molar-refractivity contribution in [1.29, 1.82) is 0 Å². The fourth-order valence-electron chi connectivity index (χ4n) is 8.21. The van der Waals surface area contributed by atoms with E-state index in [9.17, 15) is 0 Å². The maximum absolute atomic E-state index is 6.32. The summed E-state index contributed by atoms with van der Waals surface area (Å²) in [6.45, 7) is 0. The Hall–Kier alpha value is -7.43. The highest BCUT2D eigenvalue weighted by molar-refractivity contribution is 6.11. The molecule has 2 aromatic heterocycles. The van der Waals surface area contributed by atoms with Gasteiger partial charge in [0, 0.05) is 44.5 Å². The van der Waals surface area contributed by atoms with Crippen LogP contribution in [0.25, 0.3) is 82.7 Å². The Labute approximate surface area is 317 Å². The number of nitrogens with zero attached hydrogens (tertiary/aromatic N) is 3. The van der Waals surface area contributed by atoms with Gasteiger partial charge in [0.15, 0.2) is 5.58 Å². The van der Waals surface area contributed by atoms with Gasteiger partial charge in [0.1, 0.15) is 5.52 Å². The standard InChI is InChI=1S/C51H33N3O/c1-3-13-37(14-4-1)51-52-50-45-32-40(28-24-36(45)25-31-49(50)55-51)53(39-26-22-35(23-27-39)43-20-11-15-34-12-7-8-18-42(34)43)41-29-30-48-46(33-41)44-19-9-10-21-47(44)54(48)38-16-5-2-6-17-38/h1-33H. The highest BCUT2D eigenvalue weighted by Gasteiger charge is 2.19. The summed E-state index contributed by atoms with van der Waals surface area (Å²) in [5, 5.41) is 7.04. The number of para-hydroxylation sites is 2. The maximum Gasteiger partial charge on any atom is 0.227 e. The zero-order valence-corrected chi connectivity index (χ0v) is 29.8. The van der Waals surface area contributed by atoms with Crippen LogP contribution in [-0.4, -0.2) is 9.55 Å². The molecule has 0 aliphatic heterocycles. The molecule has 0 amide bonds. The van der Waals surface area contributed by atoms with Gasteiger partial charge in [-0.15, -0.1) is 0 Å². The average molecular weight is 704 g/mol. The molecule has 4 heteroatoms. The van der Waals surface area contributed by atoms with Crippen LogP contribution in [0, 0.1) is 0 Å². The Bertz CT molecular complexity index is 3190. The van der Waals surface area contributed by atoms with E-state index in [1.54, 1.807) is 0 Å². The second kappa shape index (κ2) is 12.6. The molecule has 0 radical (unpaired) electrons. The van der Waals surface area contributed by atoms with Crippen molar-refractivity contribution >= 4 is 71.5 Å². The van der Waals surface area contributed by atoms with E-state index in [1.165, 1.54) is 43.7 Å². The van der Waals surface area contributed by atoms with Crippen LogP contribution < -0.4 is 4.90 Å². The molecular weight excluding hydrogens is 671 g/mol. The molecule has 55 heavy (non-hydrogen) atoms. The zero-order valence-electron chi connectivity index (χ0n) is 29.8. The van der Waals surface area contributed by atoms with E-state index in [4.69, 9.17) is 9.40 Å². The molecule has 2 heterocycles. The Balaban J connectivity index is 1.11. The quantitative estimate of drug-likeness (QED) is 0.173. The molecule has 0 saturated heterocycles. The molecule has 0 spiro atoms. The summed E-state index contributed by atoms with van der Waals surface area (Å²) in [6, 6.07) is 71.1. The number of hydrogen-bond donors (Lipinski definition) is 0. The van der Waals surface area contributed by atoms with Crippen molar-refractivity contribution in [2.75, 3.05) is 4.90 Å². The van der Waals surface area contributed by atoms with Gasteiger partial charge >= 0.3 is 0 Å². The van der Waals surface area contributed by atoms with Crippen LogP contribution in [0.3, 0.4) is 0 Å². The first-order valence-electron chi connectivity index (χ1n) is 18.6. The van der Waals surface area contributed by atoms with E-state index in [1.807, 2.05) is 36.4 Å². The lowest BCUT2D eigenvalue weighted by molar-refractivity contribution is 0.620. The van der Waals surface area contributed by atoms with E-state index in [0.717, 1.165) is 50.2 Å². The fourth-order valence-corrected chi connectivity index (χ4v) is 8.21. The molecule has 0 N–H and O–H groups in total. The van der Waals surface area contributed by atoms with E-state index in [2.05, 4.69) is 173 Å². The number of rotatable bonds is 6. The van der Waals surface area contributed by atoms with Gasteiger partial charge < -0.3 is 13.9 Å². The Morgan fingerprint density at radius 3 is 1.87 bits per heavy atom. The van der Waals surface area contributed by atoms with Gasteiger partial charge in [-0.25, -0.2) is 4.98 Å². The van der Waals surface area contributed by atoms with Crippen molar-refractivity contribution in [3.63, 3.8) is 0 Å². The SMILES string of the molecule is c1ccc(-c2nc3c(ccc4ccc(N(c5ccc(-c6cccc7ccccc67)cc5)c5ccc6c(c5)c5ccccc5n6-c5ccccc5)cc43)o2)cc1. The summed E-state index contributed by atoms with van der Waals surface area (Å²) in [4.78, 5) is 7.40. The molecule has 0 fully saturated rings. The highest BCUT2D eigenvalue weighted by Crippen LogP contribution is 2.42. The summed E-state index contributed by atoms with van der Waals surface area (Å²) in [7, 11) is 0. The minimum Gasteiger partial charge on any atom is -0.436 e. The Morgan fingerprint density at radius 1 is 0.418 bits per heavy atom. The lowest BCUT2D eigenvalue weighted by atomic mass is 9.98. The third-order valence-electron chi connectivity index (χ3n) is 10.8. The van der Waals surface area contributed by atoms with Crippen LogP contribution in [-0.2, 0) is 0 Å². The predicted molar refractivity (Wildman–Crippen MR) is 229 cm³/mol. The lowest BCUT2D eigenvalue weighted by Crippen LogP contribution is -2.10. The van der Waals surface area contributed by atoms with Crippen molar-refractivity contribution in [2.24, 2.45) is 0 Å². The van der Waals surface area contributed by atoms with Crippen LogP contribution in [0.5, 0.6) is 0 Å². The normalized spacial score (nSPS) is 11.6. The van der Waals surface area contributed by atoms with Gasteiger partial charge in [-0.05, 0) is 106 Å². The molecule has 0 aliphatic rings. The number of oxazole rings is 1. The molecule has 0 saturated carbocycles. The molecule has 0 atom stereocenters. The zero-order chi connectivity index (χ0) is 36.3. The number of aromatic nitrogens is 2. The van der Waals surface area contributed by atoms with Crippen molar-refractivity contribution in [2.45, 2.75) is 0 Å². The highest BCUT2D eigenvalue weighted by atomic mass is 16.3. The number of anilines is 3. The van der Waals surface area contributed by atoms with E-state index in [0.29, 0.717) is 5.89 Å². The van der Waals surface area contributed by atoms with Crippen LogP contribution in [0.2, 0.25) is 0 Å². The molecule has 4 nitrogen and oxygen atoms in total. The first kappa shape index (κ1) is 31.1. The lowest BCUT2D eigenvalue weighted by Gasteiger charge is -2.26. The topological polar surface area (TPSA) is 34.2 Å². The summed E-state index contributed by atoms with van der Waals surface area (Å²) in [5.74, 6) is 0.620. The third kappa shape index (κ3) is 5.19. The number of hydrogen-bond acceptors (Lipinski definition) is 3. The first-order chi connectivity index (χ1) is 27.3. The van der Waals surface area contributed by atoms with E-state index in [-0.39, 0.29) is 0 Å². The molecule has 11 rings (SSSR count). The van der Waals surface area contributed by atoms with Crippen LogP contribution >= 0.6 is 0 Å². The minimum atomic E-state index is 0.620. The summed E-state index contributed by atoms with van der Waals surface area (Å²) < 4.78 is 8.68. The molecule has 258 valence electrons. The Morgan fingerprint density at radius 2 is 1.04 bits per heavy atom. The van der Waals surface area contributed by atoms with Crippen LogP contribution in [0.4, 0.5) is 17.1 Å². The summed E-state index contributed by atoms with van der Waals surface area (Å²) in [6.07, 6.45) is 0. The molecule has 9 aromatic carbocycles. The Kier molecular flexibility index (Phi) is 7.14. The van der Waals surface area contributed by atoms with Gasteiger partial charge in [-0.3, -0.25) is 0 Å². The monoisotopic (exact) mass is 703 g/mol. The van der Waals surface area contributed by atoms with Gasteiger partial charge in [-0.1, -0.05) is 121 Å². The molecular formula is C51H33N3O. The van der Waals surface area contributed by atoms with Gasteiger partial charge in [0.2, 0.25) is 5.89 Å². The predicted octanol–water partition coefficient (Wildman–Crippen LogP) is 14.0. The minimum absolute atomic E-state index is 0.620. The fraction of sp³-hybridized carbons (Fsp3) is 0. The smallest absolute Gasteiger partial charge is 0.227 e. The van der Waals surface area contributed by atoms with Crippen molar-refractivity contribution in [3.8, 4) is 28.3 Å². The molecule has 0 aliphatic carbocycles. The third-order valence-corrected chi connectivity index (χ3v) is 10.8. The van der Waals surface area contributed by atoms with E-state index >= 15 is 0 Å². The van der Waals surface area contributed by atoms with Gasteiger partial charge in [-0.2, -0.15) is 0 Å². The maximum atomic E-state index is 6.32. The molecule has 0 bridgehead atoms. The first-order valence-corrected chi connectivity index (χ1v) is 18.6. The van der Waals surface area contributed by atoms with Gasteiger partial charge in [0.05, 0.1) is 11.0 Å². The summed E-state index contributed by atoms with van der Waals surface area (Å²) >= 11 is 0. The van der Waals surface area contributed by atoms with Crippen molar-refractivity contribution in [1.82, 2.24) is 9.55 Å². The van der Waals surface area contributed by atoms with Crippen molar-refractivity contribution in [3.05, 3.63) is 200 Å². The second-order valence-electron chi connectivity index (χ2n) is 14.0. The van der Waals surface area contributed by atoms with Crippen molar-refractivity contribution < 1.29 is 4.42 Å². The number of fused-ring (bicyclic) bond motifs is 7. The molecule has 11 aromatic rings.